The van der Waals surface area contributed by atoms with E-state index >= 15 is 0 Å². The predicted molar refractivity (Wildman–Crippen MR) is 91.1 cm³/mol. The zero-order valence-electron chi connectivity index (χ0n) is 13.1. The van der Waals surface area contributed by atoms with Crippen LogP contribution in [0, 0.1) is 0 Å². The highest BCUT2D eigenvalue weighted by atomic mass is 32.1. The Hall–Kier alpha value is -0.810. The van der Waals surface area contributed by atoms with Gasteiger partial charge in [0, 0.05) is 18.2 Å². The molecule has 2 saturated carbocycles. The van der Waals surface area contributed by atoms with Gasteiger partial charge in [0.05, 0.1) is 0 Å². The van der Waals surface area contributed by atoms with Crippen LogP contribution in [-0.4, -0.2) is 35.5 Å². The van der Waals surface area contributed by atoms with Crippen LogP contribution in [-0.2, 0) is 0 Å². The van der Waals surface area contributed by atoms with Crippen LogP contribution in [0.2, 0.25) is 0 Å². The molecule has 0 atom stereocenters. The predicted octanol–water partition coefficient (Wildman–Crippen LogP) is 3.67. The fourth-order valence-electron chi connectivity index (χ4n) is 3.44. The van der Waals surface area contributed by atoms with Crippen molar-refractivity contribution in [2.45, 2.75) is 63.3 Å². The molecule has 1 heterocycles. The summed E-state index contributed by atoms with van der Waals surface area (Å²) in [4.78, 5) is 2.56. The fourth-order valence-corrected chi connectivity index (χ4v) is 4.26. The topological polar surface area (TPSA) is 54.2 Å². The quantitative estimate of drug-likeness (QED) is 0.755. The van der Waals surface area contributed by atoms with E-state index in [0.717, 1.165) is 18.4 Å². The van der Waals surface area contributed by atoms with Gasteiger partial charge in [0.2, 0.25) is 0 Å². The van der Waals surface area contributed by atoms with Crippen molar-refractivity contribution in [2.24, 2.45) is 0 Å². The third-order valence-electron chi connectivity index (χ3n) is 4.91. The summed E-state index contributed by atoms with van der Waals surface area (Å²) < 4.78 is 4.31. The van der Waals surface area contributed by atoms with Gasteiger partial charge in [0.25, 0.3) is 0 Å². The van der Waals surface area contributed by atoms with Crippen LogP contribution in [0.1, 0.15) is 62.8 Å². The number of rotatable bonds is 7. The van der Waals surface area contributed by atoms with E-state index in [-0.39, 0.29) is 0 Å². The lowest BCUT2D eigenvalue weighted by Crippen LogP contribution is -2.34. The Bertz CT molecular complexity index is 449. The molecule has 0 unspecified atom stereocenters. The first-order chi connectivity index (χ1) is 10.3. The first-order valence-electron chi connectivity index (χ1n) is 8.45. The van der Waals surface area contributed by atoms with Crippen LogP contribution in [0.25, 0.3) is 0 Å². The van der Waals surface area contributed by atoms with E-state index < -0.39 is 0 Å². The zero-order chi connectivity index (χ0) is 14.7. The Morgan fingerprint density at radius 1 is 1.24 bits per heavy atom. The van der Waals surface area contributed by atoms with E-state index in [1.807, 2.05) is 0 Å². The Balaban J connectivity index is 1.40. The van der Waals surface area contributed by atoms with Crippen LogP contribution >= 0.6 is 11.5 Å². The molecule has 0 amide bonds. The van der Waals surface area contributed by atoms with Gasteiger partial charge < -0.3 is 16.0 Å². The number of hydrogen-bond donors (Lipinski definition) is 2. The first-order valence-corrected chi connectivity index (χ1v) is 9.22. The third-order valence-corrected chi connectivity index (χ3v) is 5.75. The van der Waals surface area contributed by atoms with Crippen LogP contribution in [0.15, 0.2) is 0 Å². The second-order valence-electron chi connectivity index (χ2n) is 6.64. The van der Waals surface area contributed by atoms with Gasteiger partial charge in [-0.2, -0.15) is 4.37 Å². The normalized spacial score (nSPS) is 20.1. The van der Waals surface area contributed by atoms with Crippen LogP contribution in [0.5, 0.6) is 0 Å². The number of nitrogens with two attached hydrogens (primary N) is 1. The smallest absolute Gasteiger partial charge is 0.142 e. The lowest BCUT2D eigenvalue weighted by molar-refractivity contribution is 0.191. The highest BCUT2D eigenvalue weighted by Gasteiger charge is 2.30. The van der Waals surface area contributed by atoms with Crippen molar-refractivity contribution < 1.29 is 0 Å². The molecule has 0 spiro atoms. The summed E-state index contributed by atoms with van der Waals surface area (Å²) in [6, 6.07) is 0.819. The molecule has 0 aliphatic heterocycles. The molecule has 0 bridgehead atoms. The van der Waals surface area contributed by atoms with Crippen molar-refractivity contribution in [1.29, 1.82) is 0 Å². The maximum absolute atomic E-state index is 5.98. The molecule has 0 aromatic carbocycles. The van der Waals surface area contributed by atoms with E-state index in [2.05, 4.69) is 21.6 Å². The number of aromatic nitrogens is 1. The second-order valence-corrected chi connectivity index (χ2v) is 7.41. The van der Waals surface area contributed by atoms with Gasteiger partial charge in [0.1, 0.15) is 10.8 Å². The zero-order valence-corrected chi connectivity index (χ0v) is 13.9. The van der Waals surface area contributed by atoms with Gasteiger partial charge in [-0.3, -0.25) is 0 Å². The largest absolute Gasteiger partial charge is 0.383 e. The SMILES string of the molecule is CN(CCCNc1snc(N)c1C1CC1)C1CCCCC1. The second kappa shape index (κ2) is 6.97. The summed E-state index contributed by atoms with van der Waals surface area (Å²) in [6.45, 7) is 2.21. The molecule has 1 aromatic heterocycles. The Morgan fingerprint density at radius 3 is 2.71 bits per heavy atom. The van der Waals surface area contributed by atoms with E-state index in [9.17, 15) is 0 Å². The Labute approximate surface area is 132 Å². The molecule has 2 aliphatic rings. The molecule has 0 radical (unpaired) electrons. The minimum atomic E-state index is 0.677. The lowest BCUT2D eigenvalue weighted by Gasteiger charge is -2.31. The van der Waals surface area contributed by atoms with Crippen LogP contribution < -0.4 is 11.1 Å². The van der Waals surface area contributed by atoms with Gasteiger partial charge in [0.15, 0.2) is 0 Å². The Kier molecular flexibility index (Phi) is 5.01. The van der Waals surface area contributed by atoms with Crippen LogP contribution in [0.3, 0.4) is 0 Å². The van der Waals surface area contributed by atoms with E-state index in [1.54, 1.807) is 0 Å². The summed E-state index contributed by atoms with van der Waals surface area (Å²) in [6.07, 6.45) is 10.8. The highest BCUT2D eigenvalue weighted by molar-refractivity contribution is 7.10. The van der Waals surface area contributed by atoms with Crippen molar-refractivity contribution in [3.63, 3.8) is 0 Å². The maximum atomic E-state index is 5.98. The standard InChI is InChI=1S/C16H28N4S/c1-20(13-6-3-2-4-7-13)11-5-10-18-16-14(12-8-9-12)15(17)19-21-16/h12-13,18H,2-11H2,1H3,(H2,17,19). The molecule has 118 valence electrons. The molecule has 3 rings (SSSR count). The van der Waals surface area contributed by atoms with Gasteiger partial charge in [-0.15, -0.1) is 0 Å². The summed E-state index contributed by atoms with van der Waals surface area (Å²) in [5.41, 5.74) is 7.28. The lowest BCUT2D eigenvalue weighted by atomic mass is 9.94. The Morgan fingerprint density at radius 2 is 2.00 bits per heavy atom. The fraction of sp³-hybridized carbons (Fsp3) is 0.812. The van der Waals surface area contributed by atoms with E-state index in [1.165, 1.54) is 80.0 Å². The molecule has 2 aliphatic carbocycles. The van der Waals surface area contributed by atoms with Crippen molar-refractivity contribution >= 4 is 22.4 Å². The molecule has 1 aromatic rings. The molecule has 0 saturated heterocycles. The highest BCUT2D eigenvalue weighted by Crippen LogP contribution is 2.47. The number of hydrogen-bond acceptors (Lipinski definition) is 5. The van der Waals surface area contributed by atoms with Crippen molar-refractivity contribution in [2.75, 3.05) is 31.2 Å². The number of nitrogens with zero attached hydrogens (tertiary/aromatic N) is 2. The molecule has 3 N–H and O–H groups in total. The van der Waals surface area contributed by atoms with E-state index in [0.29, 0.717) is 5.92 Å². The number of anilines is 2. The minimum Gasteiger partial charge on any atom is -0.383 e. The minimum absolute atomic E-state index is 0.677. The monoisotopic (exact) mass is 308 g/mol. The first kappa shape index (κ1) is 15.1. The average molecular weight is 308 g/mol. The molecule has 5 heteroatoms. The summed E-state index contributed by atoms with van der Waals surface area (Å²) >= 11 is 1.53. The van der Waals surface area contributed by atoms with E-state index in [4.69, 9.17) is 5.73 Å². The van der Waals surface area contributed by atoms with Gasteiger partial charge in [-0.1, -0.05) is 19.3 Å². The van der Waals surface area contributed by atoms with Gasteiger partial charge in [-0.05, 0) is 63.1 Å². The summed E-state index contributed by atoms with van der Waals surface area (Å²) in [7, 11) is 2.29. The number of nitrogen functional groups attached to an aromatic ring is 1. The van der Waals surface area contributed by atoms with Gasteiger partial charge >= 0.3 is 0 Å². The molecule has 4 nitrogen and oxygen atoms in total. The van der Waals surface area contributed by atoms with Crippen molar-refractivity contribution in [1.82, 2.24) is 9.27 Å². The van der Waals surface area contributed by atoms with Crippen molar-refractivity contribution in [3.8, 4) is 0 Å². The third kappa shape index (κ3) is 3.89. The molecule has 21 heavy (non-hydrogen) atoms. The van der Waals surface area contributed by atoms with Crippen molar-refractivity contribution in [3.05, 3.63) is 5.56 Å². The summed E-state index contributed by atoms with van der Waals surface area (Å²) in [5, 5.41) is 4.78. The molecular weight excluding hydrogens is 280 g/mol. The van der Waals surface area contributed by atoms with Gasteiger partial charge in [-0.25, -0.2) is 0 Å². The maximum Gasteiger partial charge on any atom is 0.142 e. The summed E-state index contributed by atoms with van der Waals surface area (Å²) in [5.74, 6) is 1.43. The number of nitrogens with one attached hydrogen (secondary N) is 1. The van der Waals surface area contributed by atoms with Crippen LogP contribution in [0.4, 0.5) is 10.8 Å². The molecular formula is C16H28N4S. The average Bonchev–Trinajstić information content (AvgIpc) is 3.28. The molecule has 2 fully saturated rings.